The average molecular weight is 329 g/mol. The zero-order chi connectivity index (χ0) is 17.1. The molecule has 1 aromatic carbocycles. The number of carbonyl (C=O) groups is 4. The van der Waals surface area contributed by atoms with Gasteiger partial charge in [-0.25, -0.2) is 0 Å². The van der Waals surface area contributed by atoms with Gasteiger partial charge in [-0.3, -0.25) is 24.1 Å². The molecule has 2 fully saturated rings. The Morgan fingerprint density at radius 2 is 1.75 bits per heavy atom. The van der Waals surface area contributed by atoms with Gasteiger partial charge in [-0.05, 0) is 31.0 Å². The third-order valence-electron chi connectivity index (χ3n) is 4.22. The van der Waals surface area contributed by atoms with Crippen molar-refractivity contribution in [3.63, 3.8) is 0 Å². The lowest BCUT2D eigenvalue weighted by molar-refractivity contribution is -0.141. The standard InChI is InChI=1S/C17H19N3O4/c21-14(11-20-16(23)7-8-17(20)24)18-12-4-3-5-13(10-12)19-9-2-1-6-15(19)22/h3-5,10H,1-2,6-9,11H2,(H,18,21). The highest BCUT2D eigenvalue weighted by molar-refractivity contribution is 6.06. The van der Waals surface area contributed by atoms with Crippen LogP contribution in [0.4, 0.5) is 11.4 Å². The normalized spacial score (nSPS) is 18.2. The molecular formula is C17H19N3O4. The Bertz CT molecular complexity index is 685. The molecule has 7 nitrogen and oxygen atoms in total. The minimum Gasteiger partial charge on any atom is -0.324 e. The molecular weight excluding hydrogens is 310 g/mol. The van der Waals surface area contributed by atoms with Crippen LogP contribution in [0.25, 0.3) is 0 Å². The van der Waals surface area contributed by atoms with Crippen LogP contribution < -0.4 is 10.2 Å². The molecule has 3 rings (SSSR count). The van der Waals surface area contributed by atoms with E-state index in [2.05, 4.69) is 5.32 Å². The Balaban J connectivity index is 1.66. The minimum atomic E-state index is -0.430. The molecule has 1 N–H and O–H groups in total. The maximum atomic E-state index is 12.1. The van der Waals surface area contributed by atoms with Gasteiger partial charge in [0.1, 0.15) is 6.54 Å². The number of amides is 4. The molecule has 2 aliphatic heterocycles. The molecule has 0 radical (unpaired) electrons. The average Bonchev–Trinajstić information content (AvgIpc) is 2.87. The summed E-state index contributed by atoms with van der Waals surface area (Å²) in [5.41, 5.74) is 1.28. The molecule has 2 heterocycles. The maximum absolute atomic E-state index is 12.1. The molecule has 7 heteroatoms. The summed E-state index contributed by atoms with van der Waals surface area (Å²) in [4.78, 5) is 49.9. The van der Waals surface area contributed by atoms with E-state index in [0.717, 1.165) is 23.4 Å². The van der Waals surface area contributed by atoms with E-state index in [1.807, 2.05) is 6.07 Å². The van der Waals surface area contributed by atoms with E-state index in [-0.39, 0.29) is 37.1 Å². The summed E-state index contributed by atoms with van der Waals surface area (Å²) in [6, 6.07) is 7.03. The first kappa shape index (κ1) is 16.2. The van der Waals surface area contributed by atoms with Crippen LogP contribution in [0.3, 0.4) is 0 Å². The number of hydrogen-bond donors (Lipinski definition) is 1. The number of rotatable bonds is 4. The van der Waals surface area contributed by atoms with Crippen molar-refractivity contribution >= 4 is 35.0 Å². The Morgan fingerprint density at radius 1 is 1.00 bits per heavy atom. The smallest absolute Gasteiger partial charge is 0.244 e. The first-order chi connectivity index (χ1) is 11.5. The largest absolute Gasteiger partial charge is 0.324 e. The van der Waals surface area contributed by atoms with Gasteiger partial charge in [0.25, 0.3) is 0 Å². The van der Waals surface area contributed by atoms with Crippen LogP contribution in [0.2, 0.25) is 0 Å². The molecule has 0 saturated carbocycles. The summed E-state index contributed by atoms with van der Waals surface area (Å²) in [5, 5.41) is 2.68. The number of piperidine rings is 1. The summed E-state index contributed by atoms with van der Waals surface area (Å²) in [7, 11) is 0. The monoisotopic (exact) mass is 329 g/mol. The Morgan fingerprint density at radius 3 is 2.46 bits per heavy atom. The van der Waals surface area contributed by atoms with Crippen molar-refractivity contribution in [3.05, 3.63) is 24.3 Å². The van der Waals surface area contributed by atoms with Crippen LogP contribution in [0.15, 0.2) is 24.3 Å². The molecule has 0 unspecified atom stereocenters. The molecule has 0 aliphatic carbocycles. The van der Waals surface area contributed by atoms with Crippen LogP contribution in [0.1, 0.15) is 32.1 Å². The van der Waals surface area contributed by atoms with Gasteiger partial charge in [-0.2, -0.15) is 0 Å². The van der Waals surface area contributed by atoms with Crippen molar-refractivity contribution in [2.24, 2.45) is 0 Å². The predicted octanol–water partition coefficient (Wildman–Crippen LogP) is 1.29. The molecule has 4 amide bonds. The van der Waals surface area contributed by atoms with Gasteiger partial charge in [-0.1, -0.05) is 6.07 Å². The predicted molar refractivity (Wildman–Crippen MR) is 87.2 cm³/mol. The third kappa shape index (κ3) is 3.45. The van der Waals surface area contributed by atoms with Gasteiger partial charge in [0, 0.05) is 37.2 Å². The Labute approximate surface area is 139 Å². The second kappa shape index (κ2) is 6.82. The van der Waals surface area contributed by atoms with Crippen molar-refractivity contribution in [3.8, 4) is 0 Å². The highest BCUT2D eigenvalue weighted by Gasteiger charge is 2.30. The van der Waals surface area contributed by atoms with Crippen molar-refractivity contribution in [2.45, 2.75) is 32.1 Å². The Kier molecular flexibility index (Phi) is 4.59. The van der Waals surface area contributed by atoms with Crippen molar-refractivity contribution in [1.29, 1.82) is 0 Å². The second-order valence-corrected chi connectivity index (χ2v) is 5.97. The number of benzene rings is 1. The molecule has 2 aliphatic rings. The second-order valence-electron chi connectivity index (χ2n) is 5.97. The molecule has 0 atom stereocenters. The lowest BCUT2D eigenvalue weighted by atomic mass is 10.1. The van der Waals surface area contributed by atoms with Crippen molar-refractivity contribution < 1.29 is 19.2 Å². The van der Waals surface area contributed by atoms with Gasteiger partial charge in [0.15, 0.2) is 0 Å². The molecule has 1 aromatic rings. The van der Waals surface area contributed by atoms with Gasteiger partial charge in [0.2, 0.25) is 23.6 Å². The molecule has 0 bridgehead atoms. The van der Waals surface area contributed by atoms with E-state index in [9.17, 15) is 19.2 Å². The van der Waals surface area contributed by atoms with Gasteiger partial charge < -0.3 is 10.2 Å². The fourth-order valence-corrected chi connectivity index (χ4v) is 2.97. The van der Waals surface area contributed by atoms with E-state index in [1.54, 1.807) is 23.1 Å². The maximum Gasteiger partial charge on any atom is 0.244 e. The van der Waals surface area contributed by atoms with Crippen LogP contribution >= 0.6 is 0 Å². The van der Waals surface area contributed by atoms with E-state index >= 15 is 0 Å². The molecule has 0 aromatic heterocycles. The lowest BCUT2D eigenvalue weighted by Crippen LogP contribution is -2.37. The molecule has 2 saturated heterocycles. The number of likely N-dealkylation sites (tertiary alicyclic amines) is 1. The summed E-state index contributed by atoms with van der Waals surface area (Å²) < 4.78 is 0. The Hall–Kier alpha value is -2.70. The summed E-state index contributed by atoms with van der Waals surface area (Å²) >= 11 is 0. The number of nitrogens with zero attached hydrogens (tertiary/aromatic N) is 2. The summed E-state index contributed by atoms with van der Waals surface area (Å²) in [6.45, 7) is 0.400. The van der Waals surface area contributed by atoms with Crippen LogP contribution in [0, 0.1) is 0 Å². The van der Waals surface area contributed by atoms with Crippen LogP contribution in [-0.2, 0) is 19.2 Å². The van der Waals surface area contributed by atoms with Crippen LogP contribution in [0.5, 0.6) is 0 Å². The fraction of sp³-hybridized carbons (Fsp3) is 0.412. The number of nitrogens with one attached hydrogen (secondary N) is 1. The first-order valence-corrected chi connectivity index (χ1v) is 8.08. The molecule has 126 valence electrons. The van der Waals surface area contributed by atoms with E-state index in [1.165, 1.54) is 0 Å². The van der Waals surface area contributed by atoms with E-state index < -0.39 is 5.91 Å². The van der Waals surface area contributed by atoms with Crippen molar-refractivity contribution in [2.75, 3.05) is 23.3 Å². The third-order valence-corrected chi connectivity index (χ3v) is 4.22. The highest BCUT2D eigenvalue weighted by Crippen LogP contribution is 2.24. The summed E-state index contributed by atoms with van der Waals surface area (Å²) in [6.07, 6.45) is 2.73. The van der Waals surface area contributed by atoms with Crippen LogP contribution in [-0.4, -0.2) is 41.6 Å². The van der Waals surface area contributed by atoms with E-state index in [4.69, 9.17) is 0 Å². The highest BCUT2D eigenvalue weighted by atomic mass is 16.2. The number of hydrogen-bond acceptors (Lipinski definition) is 4. The summed E-state index contributed by atoms with van der Waals surface area (Å²) in [5.74, 6) is -0.982. The SMILES string of the molecule is O=C(CN1C(=O)CCC1=O)Nc1cccc(N2CCCCC2=O)c1. The number of anilines is 2. The van der Waals surface area contributed by atoms with Gasteiger partial charge in [-0.15, -0.1) is 0 Å². The quantitative estimate of drug-likeness (QED) is 0.843. The minimum absolute atomic E-state index is 0.0815. The topological polar surface area (TPSA) is 86.8 Å². The lowest BCUT2D eigenvalue weighted by Gasteiger charge is -2.27. The first-order valence-electron chi connectivity index (χ1n) is 8.08. The fourth-order valence-electron chi connectivity index (χ4n) is 2.97. The van der Waals surface area contributed by atoms with Gasteiger partial charge >= 0.3 is 0 Å². The zero-order valence-corrected chi connectivity index (χ0v) is 13.3. The molecule has 24 heavy (non-hydrogen) atoms. The zero-order valence-electron chi connectivity index (χ0n) is 13.3. The van der Waals surface area contributed by atoms with E-state index in [0.29, 0.717) is 18.7 Å². The number of carbonyl (C=O) groups excluding carboxylic acids is 4. The van der Waals surface area contributed by atoms with Crippen molar-refractivity contribution in [1.82, 2.24) is 4.90 Å². The number of imide groups is 1. The van der Waals surface area contributed by atoms with Gasteiger partial charge in [0.05, 0.1) is 0 Å². The molecule has 0 spiro atoms.